The Morgan fingerprint density at radius 3 is 2.52 bits per heavy atom. The number of rotatable bonds is 5. The lowest BCUT2D eigenvalue weighted by atomic mass is 10.1. The minimum atomic E-state index is -4.33. The molecule has 7 heteroatoms. The van der Waals surface area contributed by atoms with Gasteiger partial charge in [-0.1, -0.05) is 42.0 Å². The molecule has 0 bridgehead atoms. The van der Waals surface area contributed by atoms with Crippen LogP contribution in [0.5, 0.6) is 0 Å². The van der Waals surface area contributed by atoms with E-state index < -0.39 is 11.7 Å². The molecular weight excluding hydrogens is 347 g/mol. The van der Waals surface area contributed by atoms with Gasteiger partial charge in [0.1, 0.15) is 5.82 Å². The predicted octanol–water partition coefficient (Wildman–Crippen LogP) is 5.07. The van der Waals surface area contributed by atoms with E-state index in [1.165, 1.54) is 23.2 Å². The molecule has 0 fully saturated rings. The topological polar surface area (TPSA) is 37.8 Å². The van der Waals surface area contributed by atoms with Gasteiger partial charge in [-0.15, -0.1) is 0 Å². The maximum absolute atomic E-state index is 12.7. The van der Waals surface area contributed by atoms with Gasteiger partial charge in [0.2, 0.25) is 5.13 Å². The van der Waals surface area contributed by atoms with Crippen molar-refractivity contribution in [1.82, 2.24) is 9.36 Å². The van der Waals surface area contributed by atoms with Crippen LogP contribution >= 0.6 is 11.5 Å². The molecule has 0 saturated carbocycles. The summed E-state index contributed by atoms with van der Waals surface area (Å²) < 4.78 is 42.5. The number of halogens is 3. The molecule has 1 N–H and O–H groups in total. The zero-order valence-corrected chi connectivity index (χ0v) is 14.3. The normalized spacial score (nSPS) is 11.5. The van der Waals surface area contributed by atoms with E-state index >= 15 is 0 Å². The Kier molecular flexibility index (Phi) is 5.03. The van der Waals surface area contributed by atoms with Crippen LogP contribution in [-0.4, -0.2) is 9.36 Å². The van der Waals surface area contributed by atoms with Crippen molar-refractivity contribution in [2.24, 2.45) is 0 Å². The smallest absolute Gasteiger partial charge is 0.356 e. The second-order valence-electron chi connectivity index (χ2n) is 5.73. The van der Waals surface area contributed by atoms with Crippen LogP contribution < -0.4 is 5.32 Å². The van der Waals surface area contributed by atoms with Crippen LogP contribution in [0, 0.1) is 6.92 Å². The summed E-state index contributed by atoms with van der Waals surface area (Å²) in [5, 5.41) is 3.63. The first-order valence-corrected chi connectivity index (χ1v) is 8.45. The molecule has 3 aromatic rings. The van der Waals surface area contributed by atoms with Crippen LogP contribution in [-0.2, 0) is 19.1 Å². The van der Waals surface area contributed by atoms with Crippen LogP contribution in [0.1, 0.15) is 28.1 Å². The standard InChI is InChI=1S/C18H16F3N3S/c1-12-5-7-13(8-6-12)10-16-23-17(25-24-16)22-11-14-3-2-4-15(9-14)18(19,20)21/h2-9H,10-11H2,1H3,(H,22,23,24). The van der Waals surface area contributed by atoms with Crippen molar-refractivity contribution in [3.63, 3.8) is 0 Å². The van der Waals surface area contributed by atoms with Gasteiger partial charge in [0.25, 0.3) is 0 Å². The zero-order valence-electron chi connectivity index (χ0n) is 13.5. The Labute approximate surface area is 147 Å². The summed E-state index contributed by atoms with van der Waals surface area (Å²) in [4.78, 5) is 4.39. The lowest BCUT2D eigenvalue weighted by molar-refractivity contribution is -0.137. The molecule has 2 aromatic carbocycles. The number of hydrogen-bond acceptors (Lipinski definition) is 4. The molecule has 0 spiro atoms. The number of aromatic nitrogens is 2. The second-order valence-corrected chi connectivity index (χ2v) is 6.48. The van der Waals surface area contributed by atoms with Gasteiger partial charge in [-0.2, -0.15) is 17.5 Å². The monoisotopic (exact) mass is 363 g/mol. The van der Waals surface area contributed by atoms with Crippen LogP contribution in [0.15, 0.2) is 48.5 Å². The fraction of sp³-hybridized carbons (Fsp3) is 0.222. The quantitative estimate of drug-likeness (QED) is 0.688. The van der Waals surface area contributed by atoms with Gasteiger partial charge < -0.3 is 5.32 Å². The van der Waals surface area contributed by atoms with E-state index in [4.69, 9.17) is 0 Å². The van der Waals surface area contributed by atoms with Crippen molar-refractivity contribution in [2.75, 3.05) is 5.32 Å². The van der Waals surface area contributed by atoms with Crippen molar-refractivity contribution in [3.05, 3.63) is 76.6 Å². The molecule has 0 saturated heterocycles. The molecule has 0 aliphatic carbocycles. The van der Waals surface area contributed by atoms with Gasteiger partial charge in [-0.25, -0.2) is 4.98 Å². The Balaban J connectivity index is 1.61. The SMILES string of the molecule is Cc1ccc(Cc2nsc(NCc3cccc(C(F)(F)F)c3)n2)cc1. The molecule has 3 nitrogen and oxygen atoms in total. The number of aryl methyl sites for hydroxylation is 1. The third-order valence-corrected chi connectivity index (χ3v) is 4.36. The van der Waals surface area contributed by atoms with E-state index in [1.807, 2.05) is 31.2 Å². The van der Waals surface area contributed by atoms with Crippen LogP contribution in [0.3, 0.4) is 0 Å². The van der Waals surface area contributed by atoms with Crippen LogP contribution in [0.4, 0.5) is 18.3 Å². The van der Waals surface area contributed by atoms with Gasteiger partial charge >= 0.3 is 6.18 Å². The maximum Gasteiger partial charge on any atom is 0.416 e. The molecule has 0 aliphatic rings. The number of alkyl halides is 3. The number of benzene rings is 2. The first kappa shape index (κ1) is 17.4. The summed E-state index contributed by atoms with van der Waals surface area (Å²) in [6.07, 6.45) is -3.71. The highest BCUT2D eigenvalue weighted by Gasteiger charge is 2.30. The molecule has 3 rings (SSSR count). The fourth-order valence-corrected chi connectivity index (χ4v) is 2.90. The number of anilines is 1. The minimum absolute atomic E-state index is 0.267. The van der Waals surface area contributed by atoms with Gasteiger partial charge in [0.15, 0.2) is 0 Å². The summed E-state index contributed by atoms with van der Waals surface area (Å²) in [5.74, 6) is 0.695. The predicted molar refractivity (Wildman–Crippen MR) is 92.7 cm³/mol. The molecule has 0 atom stereocenters. The largest absolute Gasteiger partial charge is 0.416 e. The van der Waals surface area contributed by atoms with E-state index in [1.54, 1.807) is 6.07 Å². The highest BCUT2D eigenvalue weighted by molar-refractivity contribution is 7.09. The Morgan fingerprint density at radius 1 is 1.04 bits per heavy atom. The van der Waals surface area contributed by atoms with Crippen LogP contribution in [0.2, 0.25) is 0 Å². The number of hydrogen-bond donors (Lipinski definition) is 1. The highest BCUT2D eigenvalue weighted by atomic mass is 32.1. The van der Waals surface area contributed by atoms with E-state index in [9.17, 15) is 13.2 Å². The molecule has 0 amide bonds. The zero-order chi connectivity index (χ0) is 17.9. The summed E-state index contributed by atoms with van der Waals surface area (Å²) in [6.45, 7) is 2.30. The summed E-state index contributed by atoms with van der Waals surface area (Å²) in [5.41, 5.74) is 2.21. The van der Waals surface area contributed by atoms with Gasteiger partial charge in [-0.05, 0) is 30.2 Å². The van der Waals surface area contributed by atoms with Crippen molar-refractivity contribution >= 4 is 16.7 Å². The molecule has 130 valence electrons. The van der Waals surface area contributed by atoms with Gasteiger partial charge in [0, 0.05) is 24.5 Å². The van der Waals surface area contributed by atoms with E-state index in [0.717, 1.165) is 17.7 Å². The van der Waals surface area contributed by atoms with E-state index in [2.05, 4.69) is 14.7 Å². The average Bonchev–Trinajstić information content (AvgIpc) is 3.02. The Morgan fingerprint density at radius 2 is 1.80 bits per heavy atom. The number of nitrogens with zero attached hydrogens (tertiary/aromatic N) is 2. The third kappa shape index (κ3) is 4.79. The average molecular weight is 363 g/mol. The third-order valence-electron chi connectivity index (χ3n) is 3.65. The Bertz CT molecular complexity index is 841. The lowest BCUT2D eigenvalue weighted by Crippen LogP contribution is -2.06. The molecule has 0 aliphatic heterocycles. The highest BCUT2D eigenvalue weighted by Crippen LogP contribution is 2.29. The summed E-state index contributed by atoms with van der Waals surface area (Å²) in [6, 6.07) is 13.4. The number of nitrogens with one attached hydrogen (secondary N) is 1. The lowest BCUT2D eigenvalue weighted by Gasteiger charge is -2.08. The molecular formula is C18H16F3N3S. The molecule has 25 heavy (non-hydrogen) atoms. The van der Waals surface area contributed by atoms with Crippen molar-refractivity contribution in [1.29, 1.82) is 0 Å². The second kappa shape index (κ2) is 7.23. The molecule has 1 heterocycles. The maximum atomic E-state index is 12.7. The van der Waals surface area contributed by atoms with Crippen LogP contribution in [0.25, 0.3) is 0 Å². The molecule has 0 radical (unpaired) electrons. The van der Waals surface area contributed by atoms with Crippen molar-refractivity contribution < 1.29 is 13.2 Å². The summed E-state index contributed by atoms with van der Waals surface area (Å²) >= 11 is 1.21. The first-order valence-electron chi connectivity index (χ1n) is 7.68. The van der Waals surface area contributed by atoms with Crippen molar-refractivity contribution in [3.8, 4) is 0 Å². The molecule has 0 unspecified atom stereocenters. The molecule has 1 aromatic heterocycles. The van der Waals surface area contributed by atoms with E-state index in [0.29, 0.717) is 22.9 Å². The minimum Gasteiger partial charge on any atom is -0.356 e. The Hall–Kier alpha value is -2.41. The van der Waals surface area contributed by atoms with E-state index in [-0.39, 0.29) is 6.54 Å². The fourth-order valence-electron chi connectivity index (χ4n) is 2.32. The summed E-state index contributed by atoms with van der Waals surface area (Å²) in [7, 11) is 0. The first-order chi connectivity index (χ1) is 11.9. The van der Waals surface area contributed by atoms with Crippen molar-refractivity contribution in [2.45, 2.75) is 26.1 Å². The van der Waals surface area contributed by atoms with Gasteiger partial charge in [0.05, 0.1) is 5.56 Å². The van der Waals surface area contributed by atoms with Gasteiger partial charge in [-0.3, -0.25) is 0 Å².